The lowest BCUT2D eigenvalue weighted by molar-refractivity contribution is 0.613. The van der Waals surface area contributed by atoms with E-state index in [1.807, 2.05) is 11.7 Å². The summed E-state index contributed by atoms with van der Waals surface area (Å²) >= 11 is 0. The molecule has 2 heterocycles. The van der Waals surface area contributed by atoms with Gasteiger partial charge in [-0.3, -0.25) is 4.68 Å². The van der Waals surface area contributed by atoms with Crippen molar-refractivity contribution in [3.63, 3.8) is 0 Å². The lowest BCUT2D eigenvalue weighted by atomic mass is 10.1. The van der Waals surface area contributed by atoms with Gasteiger partial charge in [-0.2, -0.15) is 5.10 Å². The summed E-state index contributed by atoms with van der Waals surface area (Å²) in [5.74, 6) is 0.673. The van der Waals surface area contributed by atoms with E-state index in [2.05, 4.69) is 28.1 Å². The molecule has 5 nitrogen and oxygen atoms in total. The average molecular weight is 231 g/mol. The highest BCUT2D eigenvalue weighted by molar-refractivity contribution is 5.13. The van der Waals surface area contributed by atoms with E-state index in [4.69, 9.17) is 5.73 Å². The summed E-state index contributed by atoms with van der Waals surface area (Å²) in [6, 6.07) is 3.69. The minimum atomic E-state index is -0.184. The van der Waals surface area contributed by atoms with Crippen molar-refractivity contribution >= 4 is 0 Å². The number of hydrogen-bond acceptors (Lipinski definition) is 4. The van der Waals surface area contributed by atoms with Crippen molar-refractivity contribution in [1.82, 2.24) is 19.7 Å². The topological polar surface area (TPSA) is 69.6 Å². The predicted octanol–water partition coefficient (Wildman–Crippen LogP) is 1.02. The summed E-state index contributed by atoms with van der Waals surface area (Å²) in [6.07, 6.45) is 5.06. The third-order valence-electron chi connectivity index (χ3n) is 2.74. The first-order valence-corrected chi connectivity index (χ1v) is 5.75. The highest BCUT2D eigenvalue weighted by atomic mass is 15.3. The van der Waals surface area contributed by atoms with Crippen LogP contribution in [0.1, 0.15) is 30.2 Å². The van der Waals surface area contributed by atoms with Crippen LogP contribution in [0.5, 0.6) is 0 Å². The maximum Gasteiger partial charge on any atom is 0.145 e. The number of hydrogen-bond donors (Lipinski definition) is 1. The van der Waals surface area contributed by atoms with Crippen LogP contribution in [0.2, 0.25) is 0 Å². The molecule has 0 amide bonds. The fourth-order valence-electron chi connectivity index (χ4n) is 1.75. The average Bonchev–Trinajstić information content (AvgIpc) is 2.71. The molecule has 2 rings (SSSR count). The number of aryl methyl sites for hydroxylation is 2. The van der Waals surface area contributed by atoms with E-state index in [1.54, 1.807) is 18.5 Å². The molecule has 0 spiro atoms. The standard InChI is InChI=1S/C12H17N5/c1-3-9-7-10(17(2)16-9)8-11(13)12-14-5-4-6-15-12/h4-7,11H,3,8,13H2,1-2H3. The lowest BCUT2D eigenvalue weighted by Gasteiger charge is -2.09. The fourth-order valence-corrected chi connectivity index (χ4v) is 1.75. The van der Waals surface area contributed by atoms with Crippen molar-refractivity contribution in [3.8, 4) is 0 Å². The zero-order valence-corrected chi connectivity index (χ0v) is 10.2. The van der Waals surface area contributed by atoms with Crippen molar-refractivity contribution < 1.29 is 0 Å². The van der Waals surface area contributed by atoms with Crippen LogP contribution >= 0.6 is 0 Å². The van der Waals surface area contributed by atoms with Crippen LogP contribution in [-0.2, 0) is 19.9 Å². The SMILES string of the molecule is CCc1cc(CC(N)c2ncccn2)n(C)n1. The first-order valence-electron chi connectivity index (χ1n) is 5.75. The normalized spacial score (nSPS) is 12.6. The van der Waals surface area contributed by atoms with E-state index in [9.17, 15) is 0 Å². The molecule has 0 aromatic carbocycles. The van der Waals surface area contributed by atoms with Crippen molar-refractivity contribution in [2.75, 3.05) is 0 Å². The van der Waals surface area contributed by atoms with E-state index in [0.29, 0.717) is 12.2 Å². The molecule has 90 valence electrons. The van der Waals surface area contributed by atoms with Gasteiger partial charge in [-0.05, 0) is 18.6 Å². The summed E-state index contributed by atoms with van der Waals surface area (Å²) in [6.45, 7) is 2.09. The Balaban J connectivity index is 2.13. The molecule has 0 aliphatic rings. The number of nitrogens with zero attached hydrogens (tertiary/aromatic N) is 4. The Labute approximate surface area is 101 Å². The van der Waals surface area contributed by atoms with Gasteiger partial charge in [0, 0.05) is 31.6 Å². The number of rotatable bonds is 4. The van der Waals surface area contributed by atoms with Crippen LogP contribution in [0.3, 0.4) is 0 Å². The monoisotopic (exact) mass is 231 g/mol. The van der Waals surface area contributed by atoms with E-state index in [1.165, 1.54) is 0 Å². The molecular weight excluding hydrogens is 214 g/mol. The molecule has 0 saturated heterocycles. The Morgan fingerprint density at radius 1 is 1.35 bits per heavy atom. The number of nitrogens with two attached hydrogens (primary N) is 1. The third-order valence-corrected chi connectivity index (χ3v) is 2.74. The van der Waals surface area contributed by atoms with Gasteiger partial charge in [0.25, 0.3) is 0 Å². The molecule has 17 heavy (non-hydrogen) atoms. The maximum absolute atomic E-state index is 6.08. The van der Waals surface area contributed by atoms with Gasteiger partial charge in [-0.1, -0.05) is 6.92 Å². The molecule has 1 atom stereocenters. The van der Waals surface area contributed by atoms with Gasteiger partial charge in [0.1, 0.15) is 5.82 Å². The second kappa shape index (κ2) is 5.05. The van der Waals surface area contributed by atoms with Gasteiger partial charge < -0.3 is 5.73 Å². The Hall–Kier alpha value is -1.75. The zero-order chi connectivity index (χ0) is 12.3. The Morgan fingerprint density at radius 2 is 2.06 bits per heavy atom. The second-order valence-corrected chi connectivity index (χ2v) is 4.02. The molecular formula is C12H17N5. The molecule has 0 aliphatic heterocycles. The van der Waals surface area contributed by atoms with E-state index in [0.717, 1.165) is 17.8 Å². The fraction of sp³-hybridized carbons (Fsp3) is 0.417. The molecule has 0 fully saturated rings. The molecule has 2 aromatic heterocycles. The third kappa shape index (κ3) is 2.68. The Morgan fingerprint density at radius 3 is 2.65 bits per heavy atom. The van der Waals surface area contributed by atoms with Gasteiger partial charge in [-0.25, -0.2) is 9.97 Å². The molecule has 5 heteroatoms. The maximum atomic E-state index is 6.08. The molecule has 0 saturated carbocycles. The smallest absolute Gasteiger partial charge is 0.145 e. The molecule has 0 bridgehead atoms. The summed E-state index contributed by atoms with van der Waals surface area (Å²) in [4.78, 5) is 8.33. The molecule has 1 unspecified atom stereocenters. The first kappa shape index (κ1) is 11.7. The molecule has 2 N–H and O–H groups in total. The van der Waals surface area contributed by atoms with Crippen LogP contribution in [0.25, 0.3) is 0 Å². The Bertz CT molecular complexity index is 477. The van der Waals surface area contributed by atoms with Crippen molar-refractivity contribution in [2.24, 2.45) is 12.8 Å². The zero-order valence-electron chi connectivity index (χ0n) is 10.2. The minimum Gasteiger partial charge on any atom is -0.321 e. The van der Waals surface area contributed by atoms with Crippen LogP contribution in [0.15, 0.2) is 24.5 Å². The quantitative estimate of drug-likeness (QED) is 0.852. The summed E-state index contributed by atoms with van der Waals surface area (Å²) < 4.78 is 1.88. The van der Waals surface area contributed by atoms with Gasteiger partial charge in [-0.15, -0.1) is 0 Å². The Kier molecular flexibility index (Phi) is 3.49. The van der Waals surface area contributed by atoms with Crippen LogP contribution < -0.4 is 5.73 Å². The predicted molar refractivity (Wildman–Crippen MR) is 65.3 cm³/mol. The molecule has 2 aromatic rings. The van der Waals surface area contributed by atoms with E-state index in [-0.39, 0.29) is 6.04 Å². The summed E-state index contributed by atoms with van der Waals surface area (Å²) in [5.41, 5.74) is 8.28. The van der Waals surface area contributed by atoms with Crippen LogP contribution in [0, 0.1) is 0 Å². The summed E-state index contributed by atoms with van der Waals surface area (Å²) in [7, 11) is 1.94. The van der Waals surface area contributed by atoms with Gasteiger partial charge in [0.05, 0.1) is 11.7 Å². The van der Waals surface area contributed by atoms with Gasteiger partial charge in [0.15, 0.2) is 0 Å². The van der Waals surface area contributed by atoms with Crippen molar-refractivity contribution in [2.45, 2.75) is 25.8 Å². The highest BCUT2D eigenvalue weighted by Crippen LogP contribution is 2.13. The largest absolute Gasteiger partial charge is 0.321 e. The van der Waals surface area contributed by atoms with Gasteiger partial charge in [0.2, 0.25) is 0 Å². The number of aromatic nitrogens is 4. The first-order chi connectivity index (χ1) is 8.20. The van der Waals surface area contributed by atoms with Crippen LogP contribution in [0.4, 0.5) is 0 Å². The highest BCUT2D eigenvalue weighted by Gasteiger charge is 2.12. The summed E-state index contributed by atoms with van der Waals surface area (Å²) in [5, 5.41) is 4.40. The second-order valence-electron chi connectivity index (χ2n) is 4.02. The van der Waals surface area contributed by atoms with E-state index < -0.39 is 0 Å². The minimum absolute atomic E-state index is 0.184. The molecule has 0 aliphatic carbocycles. The lowest BCUT2D eigenvalue weighted by Crippen LogP contribution is -2.17. The molecule has 0 radical (unpaired) electrons. The van der Waals surface area contributed by atoms with Gasteiger partial charge >= 0.3 is 0 Å². The van der Waals surface area contributed by atoms with Crippen molar-refractivity contribution in [1.29, 1.82) is 0 Å². The van der Waals surface area contributed by atoms with Crippen LogP contribution in [-0.4, -0.2) is 19.7 Å². The van der Waals surface area contributed by atoms with Crippen molar-refractivity contribution in [3.05, 3.63) is 41.7 Å². The van der Waals surface area contributed by atoms with E-state index >= 15 is 0 Å².